The zero-order chi connectivity index (χ0) is 22.3. The van der Waals surface area contributed by atoms with Crippen LogP contribution >= 0.6 is 0 Å². The molecule has 0 unspecified atom stereocenters. The number of anilines is 2. The smallest absolute Gasteiger partial charge is 0.247 e. The van der Waals surface area contributed by atoms with Gasteiger partial charge >= 0.3 is 0 Å². The number of hydrogen-bond acceptors (Lipinski definition) is 4. The summed E-state index contributed by atoms with van der Waals surface area (Å²) < 4.78 is 32.1. The lowest BCUT2D eigenvalue weighted by Gasteiger charge is -2.28. The Kier molecular flexibility index (Phi) is 5.23. The van der Waals surface area contributed by atoms with Crippen molar-refractivity contribution in [3.8, 4) is 0 Å². The van der Waals surface area contributed by atoms with E-state index in [0.29, 0.717) is 17.0 Å². The average Bonchev–Trinajstić information content (AvgIpc) is 3.07. The van der Waals surface area contributed by atoms with Gasteiger partial charge in [-0.3, -0.25) is 9.10 Å². The summed E-state index contributed by atoms with van der Waals surface area (Å²) in [5.74, 6) is -0.431. The lowest BCUT2D eigenvalue weighted by Crippen LogP contribution is -2.45. The molecule has 0 bridgehead atoms. The molecule has 160 valence electrons. The number of fused-ring (bicyclic) bond motifs is 3. The number of sulfonamides is 1. The highest BCUT2D eigenvalue weighted by Gasteiger charge is 2.29. The van der Waals surface area contributed by atoms with Crippen LogP contribution in [0.3, 0.4) is 0 Å². The zero-order valence-corrected chi connectivity index (χ0v) is 18.7. The van der Waals surface area contributed by atoms with Gasteiger partial charge in [0.2, 0.25) is 15.9 Å². The minimum atomic E-state index is -3.68. The topological polar surface area (TPSA) is 79.6 Å². The van der Waals surface area contributed by atoms with Crippen molar-refractivity contribution in [1.82, 2.24) is 0 Å². The third-order valence-electron chi connectivity index (χ3n) is 5.48. The number of furan rings is 1. The number of hydrogen-bond donors (Lipinski definition) is 1. The molecule has 1 atom stereocenters. The number of carbonyl (C=O) groups is 1. The first-order chi connectivity index (χ1) is 14.6. The highest BCUT2D eigenvalue weighted by molar-refractivity contribution is 7.92. The maximum Gasteiger partial charge on any atom is 0.247 e. The predicted octanol–water partition coefficient (Wildman–Crippen LogP) is 5.00. The fourth-order valence-electron chi connectivity index (χ4n) is 3.72. The Morgan fingerprint density at radius 3 is 2.35 bits per heavy atom. The summed E-state index contributed by atoms with van der Waals surface area (Å²) in [6.45, 7) is 5.44. The van der Waals surface area contributed by atoms with Gasteiger partial charge in [-0.15, -0.1) is 0 Å². The van der Waals surface area contributed by atoms with Gasteiger partial charge in [0.15, 0.2) is 0 Å². The van der Waals surface area contributed by atoms with Crippen molar-refractivity contribution in [3.05, 3.63) is 71.8 Å². The van der Waals surface area contributed by atoms with Crippen LogP contribution in [0.15, 0.2) is 65.1 Å². The lowest BCUT2D eigenvalue weighted by molar-refractivity contribution is -0.116. The normalized spacial score (nSPS) is 12.8. The van der Waals surface area contributed by atoms with E-state index in [1.54, 1.807) is 31.2 Å². The van der Waals surface area contributed by atoms with Gasteiger partial charge in [-0.1, -0.05) is 24.3 Å². The van der Waals surface area contributed by atoms with Crippen LogP contribution in [0.2, 0.25) is 0 Å². The van der Waals surface area contributed by atoms with Crippen molar-refractivity contribution in [2.45, 2.75) is 26.8 Å². The molecule has 3 aromatic carbocycles. The summed E-state index contributed by atoms with van der Waals surface area (Å²) >= 11 is 0. The molecule has 0 fully saturated rings. The molecule has 4 rings (SSSR count). The van der Waals surface area contributed by atoms with Crippen LogP contribution < -0.4 is 9.62 Å². The van der Waals surface area contributed by atoms with Crippen LogP contribution in [-0.4, -0.2) is 26.6 Å². The molecule has 31 heavy (non-hydrogen) atoms. The molecule has 4 aromatic rings. The van der Waals surface area contributed by atoms with E-state index in [1.165, 1.54) is 0 Å². The standard InChI is InChI=1S/C24H24N2O4S/c1-15-9-11-19(13-16(15)2)26(31(4,28)29)17(3)24(27)25-18-10-12-21-20-7-5-6-8-22(20)30-23(21)14-18/h5-14,17H,1-4H3,(H,25,27)/t17-/m0/s1. The average molecular weight is 437 g/mol. The van der Waals surface area contributed by atoms with Crippen LogP contribution in [-0.2, 0) is 14.8 Å². The number of carbonyl (C=O) groups excluding carboxylic acids is 1. The molecule has 0 aliphatic rings. The van der Waals surface area contributed by atoms with Crippen LogP contribution in [0.5, 0.6) is 0 Å². The summed E-state index contributed by atoms with van der Waals surface area (Å²) in [4.78, 5) is 13.0. The van der Waals surface area contributed by atoms with E-state index in [-0.39, 0.29) is 0 Å². The SMILES string of the molecule is Cc1ccc(N([C@@H](C)C(=O)Nc2ccc3c(c2)oc2ccccc23)S(C)(=O)=O)cc1C. The number of aryl methyl sites for hydroxylation is 2. The molecule has 1 amide bonds. The summed E-state index contributed by atoms with van der Waals surface area (Å²) in [7, 11) is -3.68. The van der Waals surface area contributed by atoms with Crippen molar-refractivity contribution in [1.29, 1.82) is 0 Å². The molecule has 0 saturated heterocycles. The van der Waals surface area contributed by atoms with Gasteiger partial charge in [0.1, 0.15) is 17.2 Å². The van der Waals surface area contributed by atoms with Gasteiger partial charge in [-0.05, 0) is 62.2 Å². The molecule has 1 N–H and O–H groups in total. The third kappa shape index (κ3) is 4.01. The predicted molar refractivity (Wildman–Crippen MR) is 125 cm³/mol. The van der Waals surface area contributed by atoms with Crippen molar-refractivity contribution in [2.24, 2.45) is 0 Å². The summed E-state index contributed by atoms with van der Waals surface area (Å²) in [6.07, 6.45) is 1.10. The zero-order valence-electron chi connectivity index (χ0n) is 17.8. The van der Waals surface area contributed by atoms with Gasteiger partial charge in [0.25, 0.3) is 0 Å². The van der Waals surface area contributed by atoms with E-state index in [0.717, 1.165) is 38.0 Å². The van der Waals surface area contributed by atoms with Gasteiger partial charge in [0.05, 0.1) is 11.9 Å². The molecule has 1 heterocycles. The first-order valence-electron chi connectivity index (χ1n) is 9.94. The Balaban J connectivity index is 1.64. The van der Waals surface area contributed by atoms with E-state index in [9.17, 15) is 13.2 Å². The molecule has 1 aromatic heterocycles. The summed E-state index contributed by atoms with van der Waals surface area (Å²) in [6, 6.07) is 17.6. The quantitative estimate of drug-likeness (QED) is 0.478. The van der Waals surface area contributed by atoms with E-state index >= 15 is 0 Å². The van der Waals surface area contributed by atoms with Crippen LogP contribution in [0.4, 0.5) is 11.4 Å². The van der Waals surface area contributed by atoms with Crippen molar-refractivity contribution < 1.29 is 17.6 Å². The van der Waals surface area contributed by atoms with Crippen LogP contribution in [0.1, 0.15) is 18.1 Å². The van der Waals surface area contributed by atoms with Crippen molar-refractivity contribution in [3.63, 3.8) is 0 Å². The molecule has 0 radical (unpaired) electrons. The lowest BCUT2D eigenvalue weighted by atomic mass is 10.1. The number of benzene rings is 3. The minimum Gasteiger partial charge on any atom is -0.456 e. The number of amides is 1. The summed E-state index contributed by atoms with van der Waals surface area (Å²) in [5, 5.41) is 4.78. The largest absolute Gasteiger partial charge is 0.456 e. The number of nitrogens with one attached hydrogen (secondary N) is 1. The fourth-order valence-corrected chi connectivity index (χ4v) is 4.89. The van der Waals surface area contributed by atoms with Gasteiger partial charge in [0, 0.05) is 22.5 Å². The number of nitrogens with zero attached hydrogens (tertiary/aromatic N) is 1. The van der Waals surface area contributed by atoms with E-state index < -0.39 is 22.0 Å². The van der Waals surface area contributed by atoms with Crippen LogP contribution in [0.25, 0.3) is 21.9 Å². The van der Waals surface area contributed by atoms with Gasteiger partial charge in [-0.2, -0.15) is 0 Å². The minimum absolute atomic E-state index is 0.431. The molecule has 0 saturated carbocycles. The molecule has 0 aliphatic carbocycles. The fraction of sp³-hybridized carbons (Fsp3) is 0.208. The highest BCUT2D eigenvalue weighted by Crippen LogP contribution is 2.30. The Morgan fingerprint density at radius 2 is 1.65 bits per heavy atom. The Labute approximate surface area is 181 Å². The van der Waals surface area contributed by atoms with E-state index in [4.69, 9.17) is 4.42 Å². The maximum absolute atomic E-state index is 13.0. The molecule has 7 heteroatoms. The maximum atomic E-state index is 13.0. The van der Waals surface area contributed by atoms with E-state index in [2.05, 4.69) is 5.32 Å². The van der Waals surface area contributed by atoms with Crippen molar-refractivity contribution in [2.75, 3.05) is 15.9 Å². The van der Waals surface area contributed by atoms with Crippen molar-refractivity contribution >= 4 is 49.2 Å². The van der Waals surface area contributed by atoms with Gasteiger partial charge < -0.3 is 9.73 Å². The Hall–Kier alpha value is -3.32. The molecule has 6 nitrogen and oxygen atoms in total. The number of rotatable bonds is 5. The number of para-hydroxylation sites is 1. The second-order valence-electron chi connectivity index (χ2n) is 7.80. The third-order valence-corrected chi connectivity index (χ3v) is 6.72. The van der Waals surface area contributed by atoms with E-state index in [1.807, 2.05) is 50.2 Å². The summed E-state index contributed by atoms with van der Waals surface area (Å²) in [5.41, 5.74) is 4.42. The first-order valence-corrected chi connectivity index (χ1v) is 11.8. The first kappa shape index (κ1) is 20.9. The molecular weight excluding hydrogens is 412 g/mol. The molecular formula is C24H24N2O4S. The second-order valence-corrected chi connectivity index (χ2v) is 9.66. The van der Waals surface area contributed by atoms with Crippen LogP contribution in [0, 0.1) is 13.8 Å². The Bertz CT molecular complexity index is 1410. The highest BCUT2D eigenvalue weighted by atomic mass is 32.2. The molecule has 0 aliphatic heterocycles. The monoisotopic (exact) mass is 436 g/mol. The van der Waals surface area contributed by atoms with Gasteiger partial charge in [-0.25, -0.2) is 8.42 Å². The second kappa shape index (κ2) is 7.74. The molecule has 0 spiro atoms. The Morgan fingerprint density at radius 1 is 0.935 bits per heavy atom.